The van der Waals surface area contributed by atoms with E-state index in [0.29, 0.717) is 0 Å². The Bertz CT molecular complexity index is 1040. The van der Waals surface area contributed by atoms with E-state index in [0.717, 1.165) is 43.6 Å². The molecule has 2 aromatic carbocycles. The van der Waals surface area contributed by atoms with Crippen LogP contribution in [0.2, 0.25) is 0 Å². The van der Waals surface area contributed by atoms with Gasteiger partial charge in [0.15, 0.2) is 0 Å². The molecule has 128 valence electrons. The first-order chi connectivity index (χ1) is 12.0. The van der Waals surface area contributed by atoms with Gasteiger partial charge in [0.05, 0.1) is 5.69 Å². The molecule has 0 radical (unpaired) electrons. The van der Waals surface area contributed by atoms with E-state index in [-0.39, 0.29) is 5.16 Å². The number of rotatable bonds is 3. The lowest BCUT2D eigenvalue weighted by molar-refractivity contribution is 0.243. The van der Waals surface area contributed by atoms with Crippen LogP contribution in [0.25, 0.3) is 10.8 Å². The van der Waals surface area contributed by atoms with Gasteiger partial charge in [-0.25, -0.2) is 18.4 Å². The molecule has 2 heterocycles. The average Bonchev–Trinajstić information content (AvgIpc) is 2.61. The minimum atomic E-state index is -3.36. The fourth-order valence-electron chi connectivity index (χ4n) is 3.34. The highest BCUT2D eigenvalue weighted by molar-refractivity contribution is 7.90. The summed E-state index contributed by atoms with van der Waals surface area (Å²) >= 11 is 0. The zero-order chi connectivity index (χ0) is 17.4. The zero-order valence-electron chi connectivity index (χ0n) is 14.0. The van der Waals surface area contributed by atoms with E-state index in [9.17, 15) is 8.42 Å². The minimum Gasteiger partial charge on any atom is -0.294 e. The Morgan fingerprint density at radius 1 is 1.12 bits per heavy atom. The van der Waals surface area contributed by atoms with Crippen molar-refractivity contribution in [1.29, 1.82) is 0 Å². The van der Waals surface area contributed by atoms with Crippen molar-refractivity contribution in [2.75, 3.05) is 12.8 Å². The van der Waals surface area contributed by atoms with Crippen LogP contribution < -0.4 is 0 Å². The van der Waals surface area contributed by atoms with Crippen LogP contribution in [0.15, 0.2) is 53.8 Å². The van der Waals surface area contributed by atoms with Gasteiger partial charge in [-0.3, -0.25) is 4.90 Å². The second-order valence-electron chi connectivity index (χ2n) is 6.50. The molecule has 3 aromatic rings. The number of sulfone groups is 1. The maximum absolute atomic E-state index is 11.6. The molecule has 5 nitrogen and oxygen atoms in total. The summed E-state index contributed by atoms with van der Waals surface area (Å²) in [5.41, 5.74) is 3.17. The summed E-state index contributed by atoms with van der Waals surface area (Å²) in [6.45, 7) is 2.45. The number of aromatic nitrogens is 2. The predicted octanol–water partition coefficient (Wildman–Crippen LogP) is 2.59. The Kier molecular flexibility index (Phi) is 4.01. The molecule has 0 N–H and O–H groups in total. The van der Waals surface area contributed by atoms with Gasteiger partial charge in [-0.05, 0) is 16.3 Å². The van der Waals surface area contributed by atoms with Crippen molar-refractivity contribution in [3.63, 3.8) is 0 Å². The molecular formula is C19H19N3O2S. The molecule has 0 amide bonds. The van der Waals surface area contributed by atoms with Crippen LogP contribution in [0.3, 0.4) is 0 Å². The maximum atomic E-state index is 11.6. The third-order valence-electron chi connectivity index (χ3n) is 4.60. The van der Waals surface area contributed by atoms with Crippen molar-refractivity contribution in [1.82, 2.24) is 14.9 Å². The van der Waals surface area contributed by atoms with Crippen LogP contribution in [-0.2, 0) is 29.3 Å². The van der Waals surface area contributed by atoms with E-state index in [1.165, 1.54) is 16.3 Å². The van der Waals surface area contributed by atoms with Gasteiger partial charge in [0.2, 0.25) is 15.0 Å². The van der Waals surface area contributed by atoms with Gasteiger partial charge in [-0.15, -0.1) is 0 Å². The third-order valence-corrected chi connectivity index (χ3v) is 5.46. The van der Waals surface area contributed by atoms with Crippen LogP contribution in [0.5, 0.6) is 0 Å². The highest BCUT2D eigenvalue weighted by Gasteiger charge is 2.21. The smallest absolute Gasteiger partial charge is 0.246 e. The van der Waals surface area contributed by atoms with Crippen molar-refractivity contribution < 1.29 is 8.42 Å². The Labute approximate surface area is 147 Å². The molecule has 0 unspecified atom stereocenters. The molecule has 1 aliphatic heterocycles. The topological polar surface area (TPSA) is 63.2 Å². The van der Waals surface area contributed by atoms with Crippen molar-refractivity contribution in [2.45, 2.75) is 24.7 Å². The first-order valence-electron chi connectivity index (χ1n) is 8.24. The molecule has 6 heteroatoms. The summed E-state index contributed by atoms with van der Waals surface area (Å²) in [5, 5.41) is 2.45. The Balaban J connectivity index is 1.58. The van der Waals surface area contributed by atoms with Crippen LogP contribution in [0.4, 0.5) is 0 Å². The monoisotopic (exact) mass is 353 g/mol. The SMILES string of the molecule is CS(=O)(=O)c1ncc2c(n1)CCN(Cc1cccc3ccccc13)C2. The van der Waals surface area contributed by atoms with Crippen molar-refractivity contribution in [2.24, 2.45) is 0 Å². The number of nitrogens with zero attached hydrogens (tertiary/aromatic N) is 3. The van der Waals surface area contributed by atoms with Crippen molar-refractivity contribution >= 4 is 20.6 Å². The van der Waals surface area contributed by atoms with E-state index in [1.807, 2.05) is 0 Å². The van der Waals surface area contributed by atoms with E-state index in [2.05, 4.69) is 57.3 Å². The highest BCUT2D eigenvalue weighted by Crippen LogP contribution is 2.23. The summed E-state index contributed by atoms with van der Waals surface area (Å²) in [7, 11) is -3.36. The van der Waals surface area contributed by atoms with Crippen LogP contribution in [0, 0.1) is 0 Å². The molecule has 0 saturated carbocycles. The molecule has 0 spiro atoms. The van der Waals surface area contributed by atoms with Gasteiger partial charge < -0.3 is 0 Å². The lowest BCUT2D eigenvalue weighted by Crippen LogP contribution is -2.31. The lowest BCUT2D eigenvalue weighted by atomic mass is 10.0. The standard InChI is InChI=1S/C19H19N3O2S/c1-25(23,24)19-20-11-16-13-22(10-9-18(16)21-19)12-15-7-4-6-14-5-2-3-8-17(14)15/h2-8,11H,9-10,12-13H2,1H3. The second kappa shape index (κ2) is 6.20. The number of benzene rings is 2. The Hall–Kier alpha value is -2.31. The van der Waals surface area contributed by atoms with Gasteiger partial charge in [-0.1, -0.05) is 42.5 Å². The lowest BCUT2D eigenvalue weighted by Gasteiger charge is -2.28. The summed E-state index contributed by atoms with van der Waals surface area (Å²) in [4.78, 5) is 10.6. The largest absolute Gasteiger partial charge is 0.294 e. The molecule has 1 aromatic heterocycles. The minimum absolute atomic E-state index is 0.0752. The number of fused-ring (bicyclic) bond motifs is 2. The van der Waals surface area contributed by atoms with Gasteiger partial charge >= 0.3 is 0 Å². The number of hydrogen-bond acceptors (Lipinski definition) is 5. The first kappa shape index (κ1) is 16.2. The fourth-order valence-corrected chi connectivity index (χ4v) is 3.86. The van der Waals surface area contributed by atoms with E-state index in [1.54, 1.807) is 6.20 Å². The van der Waals surface area contributed by atoms with Gasteiger partial charge in [0.25, 0.3) is 0 Å². The molecule has 0 fully saturated rings. The molecule has 0 aliphatic carbocycles. The predicted molar refractivity (Wildman–Crippen MR) is 96.9 cm³/mol. The molecule has 0 atom stereocenters. The normalized spacial score (nSPS) is 15.2. The maximum Gasteiger partial charge on any atom is 0.246 e. The van der Waals surface area contributed by atoms with Gasteiger partial charge in [0.1, 0.15) is 0 Å². The summed E-state index contributed by atoms with van der Waals surface area (Å²) < 4.78 is 23.2. The molecule has 0 bridgehead atoms. The molecule has 1 aliphatic rings. The molecule has 25 heavy (non-hydrogen) atoms. The second-order valence-corrected chi connectivity index (χ2v) is 8.41. The van der Waals surface area contributed by atoms with Crippen molar-refractivity contribution in [3.8, 4) is 0 Å². The van der Waals surface area contributed by atoms with Gasteiger partial charge in [-0.2, -0.15) is 0 Å². The van der Waals surface area contributed by atoms with Crippen LogP contribution >= 0.6 is 0 Å². The van der Waals surface area contributed by atoms with E-state index in [4.69, 9.17) is 0 Å². The van der Waals surface area contributed by atoms with Crippen molar-refractivity contribution in [3.05, 3.63) is 65.5 Å². The quantitative estimate of drug-likeness (QED) is 0.677. The highest BCUT2D eigenvalue weighted by atomic mass is 32.2. The Morgan fingerprint density at radius 3 is 2.76 bits per heavy atom. The van der Waals surface area contributed by atoms with Crippen LogP contribution in [-0.4, -0.2) is 36.1 Å². The fraction of sp³-hybridized carbons (Fsp3) is 0.263. The first-order valence-corrected chi connectivity index (χ1v) is 10.1. The molecule has 0 saturated heterocycles. The molecular weight excluding hydrogens is 334 g/mol. The van der Waals surface area contributed by atoms with Crippen LogP contribution in [0.1, 0.15) is 16.8 Å². The van der Waals surface area contributed by atoms with Gasteiger partial charge in [0, 0.05) is 44.1 Å². The summed E-state index contributed by atoms with van der Waals surface area (Å²) in [6, 6.07) is 14.8. The van der Waals surface area contributed by atoms with E-state index < -0.39 is 9.84 Å². The summed E-state index contributed by atoms with van der Waals surface area (Å²) in [5.74, 6) is 0. The van der Waals surface area contributed by atoms with E-state index >= 15 is 0 Å². The summed E-state index contributed by atoms with van der Waals surface area (Å²) in [6.07, 6.45) is 3.55. The number of hydrogen-bond donors (Lipinski definition) is 0. The average molecular weight is 353 g/mol. The molecule has 4 rings (SSSR count). The third kappa shape index (κ3) is 3.27. The zero-order valence-corrected chi connectivity index (χ0v) is 14.8. The Morgan fingerprint density at radius 2 is 1.92 bits per heavy atom.